The number of methoxy groups -OCH3 is 1. The zero-order valence-corrected chi connectivity index (χ0v) is 12.8. The van der Waals surface area contributed by atoms with E-state index in [2.05, 4.69) is 5.32 Å². The van der Waals surface area contributed by atoms with Crippen molar-refractivity contribution in [3.63, 3.8) is 0 Å². The summed E-state index contributed by atoms with van der Waals surface area (Å²) < 4.78 is 10.7. The molecule has 0 radical (unpaired) electrons. The monoisotopic (exact) mass is 293 g/mol. The third kappa shape index (κ3) is 4.36. The fourth-order valence-corrected chi connectivity index (χ4v) is 2.65. The lowest BCUT2D eigenvalue weighted by Crippen LogP contribution is -2.46. The van der Waals surface area contributed by atoms with Crippen LogP contribution < -0.4 is 10.1 Å². The predicted octanol–water partition coefficient (Wildman–Crippen LogP) is 2.02. The summed E-state index contributed by atoms with van der Waals surface area (Å²) >= 11 is 0. The van der Waals surface area contributed by atoms with Crippen molar-refractivity contribution >= 4 is 5.91 Å². The number of nitrogens with one attached hydrogen (secondary N) is 1. The number of rotatable bonds is 4. The Labute approximate surface area is 125 Å². The molecule has 1 aromatic rings. The summed E-state index contributed by atoms with van der Waals surface area (Å²) in [4.78, 5) is 12.1. The summed E-state index contributed by atoms with van der Waals surface area (Å²) in [5.74, 6) is 0.436. The van der Waals surface area contributed by atoms with Crippen molar-refractivity contribution in [1.82, 2.24) is 5.32 Å². The molecule has 0 spiro atoms. The van der Waals surface area contributed by atoms with Gasteiger partial charge in [0.15, 0.2) is 11.5 Å². The molecule has 1 aliphatic heterocycles. The van der Waals surface area contributed by atoms with Gasteiger partial charge in [0.1, 0.15) is 0 Å². The molecule has 0 aliphatic carbocycles. The Bertz CT molecular complexity index is 513. The maximum atomic E-state index is 12.1. The summed E-state index contributed by atoms with van der Waals surface area (Å²) in [6, 6.07) is 5.10. The average molecular weight is 293 g/mol. The van der Waals surface area contributed by atoms with Gasteiger partial charge in [-0.2, -0.15) is 0 Å². The van der Waals surface area contributed by atoms with Crippen LogP contribution in [0.4, 0.5) is 0 Å². The molecule has 21 heavy (non-hydrogen) atoms. The maximum Gasteiger partial charge on any atom is 0.224 e. The van der Waals surface area contributed by atoms with Crippen LogP contribution in [0.3, 0.4) is 0 Å². The van der Waals surface area contributed by atoms with E-state index in [1.807, 2.05) is 13.8 Å². The molecule has 5 heteroatoms. The van der Waals surface area contributed by atoms with Crippen molar-refractivity contribution in [2.75, 3.05) is 13.7 Å². The number of hydrogen-bond donors (Lipinski definition) is 2. The van der Waals surface area contributed by atoms with E-state index in [1.54, 1.807) is 18.2 Å². The van der Waals surface area contributed by atoms with Crippen LogP contribution in [0, 0.1) is 0 Å². The highest BCUT2D eigenvalue weighted by molar-refractivity contribution is 5.79. The fourth-order valence-electron chi connectivity index (χ4n) is 2.65. The van der Waals surface area contributed by atoms with Gasteiger partial charge in [-0.05, 0) is 44.4 Å². The van der Waals surface area contributed by atoms with Crippen molar-refractivity contribution in [2.24, 2.45) is 0 Å². The Morgan fingerprint density at radius 3 is 2.95 bits per heavy atom. The van der Waals surface area contributed by atoms with E-state index in [1.165, 1.54) is 7.11 Å². The number of phenolic OH excluding ortho intramolecular Hbond substituents is 1. The largest absolute Gasteiger partial charge is 0.504 e. The van der Waals surface area contributed by atoms with Crippen molar-refractivity contribution < 1.29 is 19.4 Å². The highest BCUT2D eigenvalue weighted by Gasteiger charge is 2.29. The zero-order valence-electron chi connectivity index (χ0n) is 12.8. The first-order chi connectivity index (χ1) is 9.89. The molecule has 1 heterocycles. The molecule has 116 valence electrons. The van der Waals surface area contributed by atoms with Crippen molar-refractivity contribution in [2.45, 2.75) is 44.8 Å². The predicted molar refractivity (Wildman–Crippen MR) is 79.6 cm³/mol. The second-order valence-corrected chi connectivity index (χ2v) is 6.05. The lowest BCUT2D eigenvalue weighted by molar-refractivity contribution is -0.123. The van der Waals surface area contributed by atoms with Crippen LogP contribution in [0.25, 0.3) is 0 Å². The topological polar surface area (TPSA) is 67.8 Å². The van der Waals surface area contributed by atoms with Gasteiger partial charge in [-0.1, -0.05) is 6.07 Å². The lowest BCUT2D eigenvalue weighted by Gasteiger charge is -2.35. The summed E-state index contributed by atoms with van der Waals surface area (Å²) in [5.41, 5.74) is 0.631. The normalized spacial score (nSPS) is 20.8. The van der Waals surface area contributed by atoms with Crippen LogP contribution in [-0.4, -0.2) is 36.4 Å². The number of phenols is 1. The summed E-state index contributed by atoms with van der Waals surface area (Å²) in [6.07, 6.45) is 1.93. The van der Waals surface area contributed by atoms with Gasteiger partial charge >= 0.3 is 0 Å². The van der Waals surface area contributed by atoms with E-state index in [0.29, 0.717) is 12.4 Å². The van der Waals surface area contributed by atoms with Gasteiger partial charge in [0.05, 0.1) is 19.1 Å². The molecule has 1 fully saturated rings. The number of benzene rings is 1. The highest BCUT2D eigenvalue weighted by Crippen LogP contribution is 2.27. The van der Waals surface area contributed by atoms with E-state index in [4.69, 9.17) is 9.47 Å². The Kier molecular flexibility index (Phi) is 4.73. The first kappa shape index (κ1) is 15.6. The number of aromatic hydroxyl groups is 1. The van der Waals surface area contributed by atoms with Gasteiger partial charge in [-0.3, -0.25) is 4.79 Å². The quantitative estimate of drug-likeness (QED) is 0.891. The van der Waals surface area contributed by atoms with Gasteiger partial charge in [0.25, 0.3) is 0 Å². The van der Waals surface area contributed by atoms with Crippen LogP contribution in [0.15, 0.2) is 18.2 Å². The van der Waals surface area contributed by atoms with Crippen LogP contribution in [0.5, 0.6) is 11.5 Å². The maximum absolute atomic E-state index is 12.1. The number of carbonyl (C=O) groups excluding carboxylic acids is 1. The minimum atomic E-state index is -0.183. The van der Waals surface area contributed by atoms with Crippen molar-refractivity contribution in [3.8, 4) is 11.5 Å². The number of amides is 1. The van der Waals surface area contributed by atoms with Crippen LogP contribution in [-0.2, 0) is 16.0 Å². The highest BCUT2D eigenvalue weighted by atomic mass is 16.5. The lowest BCUT2D eigenvalue weighted by atomic mass is 9.94. The molecule has 5 nitrogen and oxygen atoms in total. The first-order valence-electron chi connectivity index (χ1n) is 7.19. The molecule has 0 aromatic heterocycles. The first-order valence-corrected chi connectivity index (χ1v) is 7.19. The number of ether oxygens (including phenoxy) is 2. The SMILES string of the molecule is COc1cc(CC(=O)N[C@H]2CCOC(C)(C)C2)ccc1O. The number of hydrogen-bond acceptors (Lipinski definition) is 4. The van der Waals surface area contributed by atoms with Gasteiger partial charge in [0, 0.05) is 12.6 Å². The molecule has 1 atom stereocenters. The van der Waals surface area contributed by atoms with E-state index < -0.39 is 0 Å². The average Bonchev–Trinajstić information content (AvgIpc) is 2.39. The Hall–Kier alpha value is -1.75. The smallest absolute Gasteiger partial charge is 0.224 e. The molecular formula is C16H23NO4. The Morgan fingerprint density at radius 1 is 1.52 bits per heavy atom. The van der Waals surface area contributed by atoms with Crippen LogP contribution >= 0.6 is 0 Å². The molecule has 0 unspecified atom stereocenters. The van der Waals surface area contributed by atoms with E-state index in [9.17, 15) is 9.90 Å². The van der Waals surface area contributed by atoms with Crippen LogP contribution in [0.1, 0.15) is 32.3 Å². The van der Waals surface area contributed by atoms with Crippen molar-refractivity contribution in [3.05, 3.63) is 23.8 Å². The molecule has 1 aliphatic rings. The summed E-state index contributed by atoms with van der Waals surface area (Å²) in [5, 5.41) is 12.6. The number of carbonyl (C=O) groups is 1. The van der Waals surface area contributed by atoms with Crippen LogP contribution in [0.2, 0.25) is 0 Å². The summed E-state index contributed by atoms with van der Waals surface area (Å²) in [6.45, 7) is 4.75. The molecule has 0 saturated carbocycles. The van der Waals surface area contributed by atoms with E-state index in [0.717, 1.165) is 18.4 Å². The van der Waals surface area contributed by atoms with Gasteiger partial charge < -0.3 is 19.9 Å². The molecule has 1 aromatic carbocycles. The van der Waals surface area contributed by atoms with Gasteiger partial charge in [-0.25, -0.2) is 0 Å². The third-order valence-electron chi connectivity index (χ3n) is 3.67. The standard InChI is InChI=1S/C16H23NO4/c1-16(2)10-12(6-7-21-16)17-15(19)9-11-4-5-13(18)14(8-11)20-3/h4-5,8,12,18H,6-7,9-10H2,1-3H3,(H,17,19)/t12-/m0/s1. The van der Waals surface area contributed by atoms with Gasteiger partial charge in [0.2, 0.25) is 5.91 Å². The second kappa shape index (κ2) is 6.35. The molecule has 2 N–H and O–H groups in total. The molecule has 1 amide bonds. The Balaban J connectivity index is 1.92. The van der Waals surface area contributed by atoms with E-state index in [-0.39, 0.29) is 29.7 Å². The minimum Gasteiger partial charge on any atom is -0.504 e. The second-order valence-electron chi connectivity index (χ2n) is 6.05. The van der Waals surface area contributed by atoms with Gasteiger partial charge in [-0.15, -0.1) is 0 Å². The zero-order chi connectivity index (χ0) is 15.5. The molecule has 2 rings (SSSR count). The fraction of sp³-hybridized carbons (Fsp3) is 0.562. The minimum absolute atomic E-state index is 0.0227. The molecule has 0 bridgehead atoms. The third-order valence-corrected chi connectivity index (χ3v) is 3.67. The molecule has 1 saturated heterocycles. The Morgan fingerprint density at radius 2 is 2.29 bits per heavy atom. The molecular weight excluding hydrogens is 270 g/mol. The summed E-state index contributed by atoms with van der Waals surface area (Å²) in [7, 11) is 1.49. The van der Waals surface area contributed by atoms with E-state index >= 15 is 0 Å². The van der Waals surface area contributed by atoms with Crippen molar-refractivity contribution in [1.29, 1.82) is 0 Å².